The lowest BCUT2D eigenvalue weighted by Gasteiger charge is -2.21. The van der Waals surface area contributed by atoms with Crippen molar-refractivity contribution in [3.8, 4) is 0 Å². The zero-order valence-electron chi connectivity index (χ0n) is 15.1. The van der Waals surface area contributed by atoms with Crippen molar-refractivity contribution < 1.29 is 9.36 Å². The minimum absolute atomic E-state index is 0.0497. The summed E-state index contributed by atoms with van der Waals surface area (Å²) in [6.45, 7) is 10.1. The highest BCUT2D eigenvalue weighted by molar-refractivity contribution is 7.24. The Hall–Kier alpha value is -1.79. The van der Waals surface area contributed by atoms with Gasteiger partial charge in [-0.2, -0.15) is 0 Å². The number of hydrogen-bond acceptors (Lipinski definition) is 2. The highest BCUT2D eigenvalue weighted by Crippen LogP contribution is 2.32. The first kappa shape index (κ1) is 18.5. The van der Waals surface area contributed by atoms with Crippen molar-refractivity contribution in [2.24, 2.45) is 0 Å². The van der Waals surface area contributed by atoms with Crippen molar-refractivity contribution >= 4 is 14.2 Å². The first-order valence-corrected chi connectivity index (χ1v) is 9.24. The molecule has 2 aromatic carbocycles. The Morgan fingerprint density at radius 3 is 2.21 bits per heavy atom. The van der Waals surface area contributed by atoms with Gasteiger partial charge in [0.05, 0.1) is 0 Å². The molecule has 0 aromatic heterocycles. The number of ketones is 1. The number of hydrogen-bond donors (Lipinski definition) is 0. The smallest absolute Gasteiger partial charge is 0.170 e. The van der Waals surface area contributed by atoms with Crippen LogP contribution in [0.15, 0.2) is 36.4 Å². The van der Waals surface area contributed by atoms with Crippen molar-refractivity contribution in [1.82, 2.24) is 0 Å². The Labute approximate surface area is 146 Å². The number of carbonyl (C=O) groups excluding carboxylic acids is 1. The van der Waals surface area contributed by atoms with Gasteiger partial charge in [0, 0.05) is 17.1 Å². The maximum Gasteiger partial charge on any atom is 0.170 e. The highest BCUT2D eigenvalue weighted by Gasteiger charge is 2.27. The second kappa shape index (κ2) is 7.85. The summed E-state index contributed by atoms with van der Waals surface area (Å²) in [5.74, 6) is -0.128. The van der Waals surface area contributed by atoms with E-state index >= 15 is 0 Å². The molecule has 0 bridgehead atoms. The van der Waals surface area contributed by atoms with Crippen LogP contribution in [0.4, 0.5) is 0 Å². The van der Waals surface area contributed by atoms with Gasteiger partial charge in [-0.1, -0.05) is 43.3 Å². The van der Waals surface area contributed by atoms with Gasteiger partial charge in [0.1, 0.15) is 0 Å². The molecule has 0 fully saturated rings. The van der Waals surface area contributed by atoms with Crippen molar-refractivity contribution in [3.05, 3.63) is 69.8 Å². The lowest BCUT2D eigenvalue weighted by Crippen LogP contribution is -2.19. The van der Waals surface area contributed by atoms with Crippen molar-refractivity contribution in [2.45, 2.75) is 52.6 Å². The van der Waals surface area contributed by atoms with E-state index in [1.54, 1.807) is 0 Å². The largest absolute Gasteiger partial charge is 0.293 e. The van der Waals surface area contributed by atoms with Crippen LogP contribution in [0.3, 0.4) is 0 Å². The summed E-state index contributed by atoms with van der Waals surface area (Å²) in [6.07, 6.45) is 0.583. The molecule has 2 atom stereocenters. The van der Waals surface area contributed by atoms with Gasteiger partial charge in [-0.15, -0.1) is 0 Å². The Bertz CT molecular complexity index is 750. The highest BCUT2D eigenvalue weighted by atomic mass is 31.1. The molecule has 2 aromatic rings. The molecule has 0 aliphatic heterocycles. The molecular weight excluding hydrogens is 315 g/mol. The molecule has 2 rings (SSSR count). The van der Waals surface area contributed by atoms with Crippen LogP contribution in [0.2, 0.25) is 0 Å². The molecular formula is C21H25O2P. The van der Waals surface area contributed by atoms with Gasteiger partial charge >= 0.3 is 0 Å². The standard InChI is InChI=1S/C21H25O2P/c1-13-11-14(2)20(17(5)16(13)4)21(22)19(12-15(3)24-23)18-9-7-6-8-10-18/h6-11,15,19H,12H2,1-5H3. The second-order valence-electron chi connectivity index (χ2n) is 6.65. The van der Waals surface area contributed by atoms with Gasteiger partial charge in [-0.25, -0.2) is 0 Å². The van der Waals surface area contributed by atoms with Gasteiger partial charge in [0.25, 0.3) is 0 Å². The molecule has 0 radical (unpaired) electrons. The summed E-state index contributed by atoms with van der Waals surface area (Å²) in [7, 11) is 0.0899. The van der Waals surface area contributed by atoms with Crippen LogP contribution in [-0.4, -0.2) is 11.4 Å². The normalized spacial score (nSPS) is 13.7. The summed E-state index contributed by atoms with van der Waals surface area (Å²) < 4.78 is 11.2. The molecule has 0 aliphatic rings. The van der Waals surface area contributed by atoms with Crippen molar-refractivity contribution in [3.63, 3.8) is 0 Å². The fraction of sp³-hybridized carbons (Fsp3) is 0.381. The fourth-order valence-electron chi connectivity index (χ4n) is 3.30. The van der Waals surface area contributed by atoms with Crippen molar-refractivity contribution in [2.75, 3.05) is 0 Å². The summed E-state index contributed by atoms with van der Waals surface area (Å²) in [6, 6.07) is 11.9. The van der Waals surface area contributed by atoms with Crippen LogP contribution in [0.25, 0.3) is 0 Å². The van der Waals surface area contributed by atoms with E-state index < -0.39 is 0 Å². The maximum atomic E-state index is 13.4. The Morgan fingerprint density at radius 1 is 1.00 bits per heavy atom. The second-order valence-corrected chi connectivity index (χ2v) is 7.75. The molecule has 0 N–H and O–H groups in total. The first-order chi connectivity index (χ1) is 11.4. The Morgan fingerprint density at radius 2 is 1.62 bits per heavy atom. The molecule has 0 aliphatic carbocycles. The summed E-state index contributed by atoms with van der Waals surface area (Å²) >= 11 is 0. The lowest BCUT2D eigenvalue weighted by atomic mass is 9.82. The Kier molecular flexibility index (Phi) is 6.07. The fourth-order valence-corrected chi connectivity index (χ4v) is 3.60. The number of aryl methyl sites for hydroxylation is 2. The number of carbonyl (C=O) groups is 1. The molecule has 0 saturated carbocycles. The van der Waals surface area contributed by atoms with Crippen LogP contribution >= 0.6 is 8.46 Å². The Balaban J connectivity index is 2.53. The predicted octanol–water partition coefficient (Wildman–Crippen LogP) is 5.96. The van der Waals surface area contributed by atoms with E-state index in [1.807, 2.05) is 51.1 Å². The molecule has 0 heterocycles. The third kappa shape index (κ3) is 3.82. The van der Waals surface area contributed by atoms with Crippen LogP contribution in [0.5, 0.6) is 0 Å². The maximum absolute atomic E-state index is 13.4. The molecule has 24 heavy (non-hydrogen) atoms. The number of Topliss-reactive ketones (excluding diaryl/α,β-unsaturated/α-hetero) is 1. The molecule has 2 nitrogen and oxygen atoms in total. The van der Waals surface area contributed by atoms with Crippen LogP contribution in [0, 0.1) is 27.7 Å². The molecule has 0 amide bonds. The van der Waals surface area contributed by atoms with E-state index in [0.29, 0.717) is 6.42 Å². The molecule has 3 heteroatoms. The van der Waals surface area contributed by atoms with Crippen LogP contribution in [-0.2, 0) is 4.57 Å². The zero-order chi connectivity index (χ0) is 17.9. The van der Waals surface area contributed by atoms with E-state index in [0.717, 1.165) is 22.3 Å². The topological polar surface area (TPSA) is 34.1 Å². The summed E-state index contributed by atoms with van der Waals surface area (Å²) in [5.41, 5.74) is 6.23. The average Bonchev–Trinajstić information content (AvgIpc) is 2.58. The lowest BCUT2D eigenvalue weighted by molar-refractivity contribution is 0.0954. The molecule has 0 spiro atoms. The van der Waals surface area contributed by atoms with E-state index in [9.17, 15) is 9.36 Å². The number of benzene rings is 2. The summed E-state index contributed by atoms with van der Waals surface area (Å²) in [5, 5.41) is 0. The van der Waals surface area contributed by atoms with E-state index in [4.69, 9.17) is 0 Å². The van der Waals surface area contributed by atoms with Gasteiger partial charge in [-0.05, 0) is 61.9 Å². The summed E-state index contributed by atoms with van der Waals surface area (Å²) in [4.78, 5) is 13.4. The number of rotatable bonds is 6. The van der Waals surface area contributed by atoms with Crippen molar-refractivity contribution in [1.29, 1.82) is 0 Å². The molecule has 2 unspecified atom stereocenters. The first-order valence-electron chi connectivity index (χ1n) is 8.35. The van der Waals surface area contributed by atoms with Gasteiger partial charge in [-0.3, -0.25) is 9.36 Å². The molecule has 0 saturated heterocycles. The van der Waals surface area contributed by atoms with Crippen LogP contribution in [0.1, 0.15) is 57.4 Å². The van der Waals surface area contributed by atoms with Crippen LogP contribution < -0.4 is 0 Å². The van der Waals surface area contributed by atoms with Gasteiger partial charge in [0.2, 0.25) is 0 Å². The quantitative estimate of drug-likeness (QED) is 0.480. The minimum Gasteiger partial charge on any atom is -0.293 e. The van der Waals surface area contributed by atoms with E-state index in [2.05, 4.69) is 19.9 Å². The average molecular weight is 340 g/mol. The van der Waals surface area contributed by atoms with E-state index in [-0.39, 0.29) is 25.8 Å². The SMILES string of the molecule is Cc1cc(C)c(C(=O)C(CC(C)P=O)c2ccccc2)c(C)c1C. The third-order valence-electron chi connectivity index (χ3n) is 4.88. The third-order valence-corrected chi connectivity index (χ3v) is 5.45. The van der Waals surface area contributed by atoms with E-state index in [1.165, 1.54) is 11.1 Å². The minimum atomic E-state index is -0.262. The van der Waals surface area contributed by atoms with Gasteiger partial charge in [0.15, 0.2) is 14.2 Å². The van der Waals surface area contributed by atoms with Gasteiger partial charge < -0.3 is 0 Å². The molecule has 126 valence electrons. The monoisotopic (exact) mass is 340 g/mol. The predicted molar refractivity (Wildman–Crippen MR) is 101 cm³/mol. The zero-order valence-corrected chi connectivity index (χ0v) is 16.0.